The molecule has 43 heavy (non-hydrogen) atoms. The number of nitrogens with zero attached hydrogens (tertiary/aromatic N) is 3. The third kappa shape index (κ3) is 7.36. The monoisotopic (exact) mass is 607 g/mol. The van der Waals surface area contributed by atoms with E-state index in [1.165, 1.54) is 0 Å². The molecule has 0 N–H and O–H groups in total. The Kier molecular flexibility index (Phi) is 10.5. The SMILES string of the molecule is CCOc1cc2cccc(C(=O)OCOC(=O)C(C)(C)C)c2n1Cc1ccc(-c2ccccc2-c2noc(=O)[n-]2)cc1.[K+]. The third-order valence-corrected chi connectivity index (χ3v) is 6.57. The van der Waals surface area contributed by atoms with Crippen molar-refractivity contribution in [3.05, 3.63) is 94.5 Å². The summed E-state index contributed by atoms with van der Waals surface area (Å²) < 4.78 is 22.9. The quantitative estimate of drug-likeness (QED) is 0.141. The standard InChI is InChI=1S/C32H31N3O7.K/c1-5-39-26-17-22-9-8-12-25(29(36)40-19-41-30(37)32(2,3)4)27(22)35(26)18-20-13-15-21(16-14-20)23-10-6-7-11-24(23)28-33-31(38)42-34-28;/h6-17H,5,18-19H2,1-4H3,(H,33,34,38);/q;+1/p-1. The molecule has 0 amide bonds. The van der Waals surface area contributed by atoms with E-state index < -0.39 is 29.9 Å². The first-order valence-electron chi connectivity index (χ1n) is 13.4. The summed E-state index contributed by atoms with van der Waals surface area (Å²) in [6.07, 6.45) is 0. The van der Waals surface area contributed by atoms with Crippen LogP contribution in [0.2, 0.25) is 0 Å². The Hall–Kier alpha value is -3.48. The molecule has 2 aromatic heterocycles. The van der Waals surface area contributed by atoms with Gasteiger partial charge in [-0.15, -0.1) is 0 Å². The number of carbonyl (C=O) groups excluding carboxylic acids is 2. The minimum Gasteiger partial charge on any atom is -0.479 e. The van der Waals surface area contributed by atoms with Crippen LogP contribution in [-0.4, -0.2) is 35.1 Å². The number of esters is 2. The number of fused-ring (bicyclic) bond motifs is 1. The van der Waals surface area contributed by atoms with Gasteiger partial charge in [-0.2, -0.15) is 0 Å². The van der Waals surface area contributed by atoms with E-state index in [2.05, 4.69) is 14.7 Å². The number of rotatable bonds is 9. The van der Waals surface area contributed by atoms with Crippen molar-refractivity contribution in [2.45, 2.75) is 34.2 Å². The molecule has 0 spiro atoms. The summed E-state index contributed by atoms with van der Waals surface area (Å²) in [5, 5.41) is 4.59. The average molecular weight is 608 g/mol. The fourth-order valence-electron chi connectivity index (χ4n) is 4.54. The Morgan fingerprint density at radius 1 is 0.953 bits per heavy atom. The molecule has 0 bridgehead atoms. The first-order valence-corrected chi connectivity index (χ1v) is 13.4. The number of benzene rings is 3. The molecule has 10 nitrogen and oxygen atoms in total. The van der Waals surface area contributed by atoms with Crippen molar-refractivity contribution < 1.29 is 79.7 Å². The summed E-state index contributed by atoms with van der Waals surface area (Å²) in [6, 6.07) is 22.6. The van der Waals surface area contributed by atoms with Gasteiger partial charge in [0.05, 0.1) is 29.6 Å². The van der Waals surface area contributed by atoms with Gasteiger partial charge in [-0.1, -0.05) is 60.7 Å². The Balaban J connectivity index is 0.00000423. The van der Waals surface area contributed by atoms with E-state index >= 15 is 0 Å². The summed E-state index contributed by atoms with van der Waals surface area (Å²) in [4.78, 5) is 40.5. The Labute approximate surface area is 290 Å². The van der Waals surface area contributed by atoms with E-state index in [1.807, 2.05) is 72.2 Å². The molecule has 0 aliphatic rings. The molecular formula is C32H30KN3O7. The van der Waals surface area contributed by atoms with Crippen LogP contribution in [0.3, 0.4) is 0 Å². The van der Waals surface area contributed by atoms with Gasteiger partial charge in [-0.05, 0) is 61.8 Å². The van der Waals surface area contributed by atoms with Crippen molar-refractivity contribution in [3.63, 3.8) is 0 Å². The van der Waals surface area contributed by atoms with Crippen LogP contribution in [0.25, 0.3) is 33.4 Å². The molecule has 3 aromatic carbocycles. The summed E-state index contributed by atoms with van der Waals surface area (Å²) in [5.41, 5.74) is 3.66. The largest absolute Gasteiger partial charge is 1.00 e. The summed E-state index contributed by atoms with van der Waals surface area (Å²) in [6.45, 7) is 7.44. The van der Waals surface area contributed by atoms with Crippen LogP contribution in [0.15, 0.2) is 82.1 Å². The molecule has 2 heterocycles. The van der Waals surface area contributed by atoms with Gasteiger partial charge in [-0.25, -0.2) is 9.59 Å². The zero-order valence-electron chi connectivity index (χ0n) is 24.7. The molecule has 5 rings (SSSR count). The zero-order chi connectivity index (χ0) is 29.9. The van der Waals surface area contributed by atoms with Crippen molar-refractivity contribution in [3.8, 4) is 28.4 Å². The van der Waals surface area contributed by atoms with E-state index in [9.17, 15) is 14.4 Å². The molecule has 11 heteroatoms. The van der Waals surface area contributed by atoms with Gasteiger partial charge in [0.25, 0.3) is 0 Å². The van der Waals surface area contributed by atoms with Crippen LogP contribution in [0.1, 0.15) is 43.6 Å². The van der Waals surface area contributed by atoms with Crippen molar-refractivity contribution in [2.24, 2.45) is 5.41 Å². The van der Waals surface area contributed by atoms with E-state index in [4.69, 9.17) is 14.2 Å². The normalized spacial score (nSPS) is 11.2. The molecule has 0 atom stereocenters. The molecule has 216 valence electrons. The van der Waals surface area contributed by atoms with Crippen LogP contribution in [0.5, 0.6) is 5.88 Å². The smallest absolute Gasteiger partial charge is 0.479 e. The van der Waals surface area contributed by atoms with Crippen LogP contribution in [-0.2, 0) is 20.8 Å². The maximum atomic E-state index is 13.1. The first-order chi connectivity index (χ1) is 20.2. The molecule has 0 radical (unpaired) electrons. The van der Waals surface area contributed by atoms with E-state index in [1.54, 1.807) is 32.9 Å². The molecule has 5 aromatic rings. The fraction of sp³-hybridized carbons (Fsp3) is 0.250. The number of carbonyl (C=O) groups is 2. The summed E-state index contributed by atoms with van der Waals surface area (Å²) in [7, 11) is 0. The molecule has 0 aliphatic heterocycles. The maximum Gasteiger partial charge on any atom is 1.00 e. The molecule has 0 saturated heterocycles. The predicted octanol–water partition coefficient (Wildman–Crippen LogP) is 2.44. The van der Waals surface area contributed by atoms with E-state index in [0.717, 1.165) is 22.1 Å². The number of hydrogen-bond donors (Lipinski definition) is 0. The summed E-state index contributed by atoms with van der Waals surface area (Å²) in [5.74, 6) is -0.985. The van der Waals surface area contributed by atoms with Crippen LogP contribution in [0.4, 0.5) is 0 Å². The van der Waals surface area contributed by atoms with Crippen LogP contribution >= 0.6 is 0 Å². The van der Waals surface area contributed by atoms with Gasteiger partial charge < -0.3 is 28.3 Å². The van der Waals surface area contributed by atoms with Crippen molar-refractivity contribution >= 4 is 22.8 Å². The van der Waals surface area contributed by atoms with Gasteiger partial charge in [-0.3, -0.25) is 9.95 Å². The number of para-hydroxylation sites is 1. The first kappa shape index (κ1) is 32.4. The van der Waals surface area contributed by atoms with Crippen LogP contribution < -0.4 is 66.9 Å². The molecule has 0 fully saturated rings. The van der Waals surface area contributed by atoms with Crippen LogP contribution in [0, 0.1) is 5.41 Å². The number of aromatic nitrogens is 3. The topological polar surface area (TPSA) is 124 Å². The second-order valence-corrected chi connectivity index (χ2v) is 10.6. The van der Waals surface area contributed by atoms with Crippen molar-refractivity contribution in [1.82, 2.24) is 14.7 Å². The second kappa shape index (κ2) is 13.9. The minimum atomic E-state index is -0.742. The van der Waals surface area contributed by atoms with Crippen molar-refractivity contribution in [1.29, 1.82) is 0 Å². The van der Waals surface area contributed by atoms with E-state index in [0.29, 0.717) is 35.7 Å². The second-order valence-electron chi connectivity index (χ2n) is 10.6. The molecule has 0 unspecified atom stereocenters. The Morgan fingerprint density at radius 3 is 2.33 bits per heavy atom. The van der Waals surface area contributed by atoms with Gasteiger partial charge in [0, 0.05) is 11.5 Å². The maximum absolute atomic E-state index is 13.1. The molecular weight excluding hydrogens is 577 g/mol. The molecule has 0 saturated carbocycles. The van der Waals surface area contributed by atoms with Gasteiger partial charge in [0.15, 0.2) is 5.88 Å². The molecule has 0 aliphatic carbocycles. The van der Waals surface area contributed by atoms with E-state index in [-0.39, 0.29) is 57.2 Å². The van der Waals surface area contributed by atoms with Crippen molar-refractivity contribution in [2.75, 3.05) is 13.4 Å². The van der Waals surface area contributed by atoms with Gasteiger partial charge >= 0.3 is 69.1 Å². The predicted molar refractivity (Wildman–Crippen MR) is 155 cm³/mol. The Bertz CT molecular complexity index is 1800. The average Bonchev–Trinajstić information content (AvgIpc) is 3.56. The summed E-state index contributed by atoms with van der Waals surface area (Å²) >= 11 is 0. The third-order valence-electron chi connectivity index (χ3n) is 6.57. The van der Waals surface area contributed by atoms with Gasteiger partial charge in [0.2, 0.25) is 6.79 Å². The Morgan fingerprint density at radius 2 is 1.67 bits per heavy atom. The number of ether oxygens (including phenoxy) is 3. The minimum absolute atomic E-state index is 0. The zero-order valence-corrected chi connectivity index (χ0v) is 27.9. The fourth-order valence-corrected chi connectivity index (χ4v) is 4.54. The van der Waals surface area contributed by atoms with Gasteiger partial charge in [0.1, 0.15) is 0 Å². The number of hydrogen-bond acceptors (Lipinski definition) is 8.